The van der Waals surface area contributed by atoms with Crippen molar-refractivity contribution < 1.29 is 12.8 Å². The lowest BCUT2D eigenvalue weighted by atomic mass is 9.86. The molecule has 6 heteroatoms. The summed E-state index contributed by atoms with van der Waals surface area (Å²) in [5, 5.41) is 0. The normalized spacial score (nSPS) is 23.8. The Balaban J connectivity index is 2.24. The Morgan fingerprint density at radius 3 is 2.75 bits per heavy atom. The van der Waals surface area contributed by atoms with Crippen LogP contribution in [0.15, 0.2) is 23.1 Å². The lowest BCUT2D eigenvalue weighted by Gasteiger charge is -2.30. The predicted octanol–water partition coefficient (Wildman–Crippen LogP) is 3.21. The van der Waals surface area contributed by atoms with E-state index in [1.54, 1.807) is 6.92 Å². The summed E-state index contributed by atoms with van der Waals surface area (Å²) >= 11 is 5.91. The third-order valence-electron chi connectivity index (χ3n) is 3.85. The number of rotatable bonds is 4. The summed E-state index contributed by atoms with van der Waals surface area (Å²) in [6, 6.07) is 3.64. The fourth-order valence-corrected chi connectivity index (χ4v) is 4.64. The fourth-order valence-electron chi connectivity index (χ4n) is 2.67. The van der Waals surface area contributed by atoms with Gasteiger partial charge in [0.1, 0.15) is 5.82 Å². The quantitative estimate of drug-likeness (QED) is 0.866. The summed E-state index contributed by atoms with van der Waals surface area (Å²) in [5.41, 5.74) is 0.539. The highest BCUT2D eigenvalue weighted by Crippen LogP contribution is 2.27. The number of halogens is 2. The molecule has 20 heavy (non-hydrogen) atoms. The van der Waals surface area contributed by atoms with Gasteiger partial charge in [-0.1, -0.05) is 18.9 Å². The van der Waals surface area contributed by atoms with Crippen molar-refractivity contribution in [2.24, 2.45) is 5.92 Å². The van der Waals surface area contributed by atoms with Crippen LogP contribution in [0.3, 0.4) is 0 Å². The SMILES string of the molecule is Cc1ccc(F)cc1S(=O)(=O)NC1CCCCC1CCl. The summed E-state index contributed by atoms with van der Waals surface area (Å²) < 4.78 is 40.8. The average Bonchev–Trinajstić information content (AvgIpc) is 2.41. The van der Waals surface area contributed by atoms with Crippen LogP contribution in [0.5, 0.6) is 0 Å². The van der Waals surface area contributed by atoms with Crippen LogP contribution < -0.4 is 4.72 Å². The molecule has 112 valence electrons. The average molecular weight is 320 g/mol. The van der Waals surface area contributed by atoms with Gasteiger partial charge < -0.3 is 0 Å². The van der Waals surface area contributed by atoms with Crippen LogP contribution in [-0.2, 0) is 10.0 Å². The van der Waals surface area contributed by atoms with Gasteiger partial charge in [-0.25, -0.2) is 17.5 Å². The molecule has 0 bridgehead atoms. The van der Waals surface area contributed by atoms with E-state index >= 15 is 0 Å². The van der Waals surface area contributed by atoms with Gasteiger partial charge in [0, 0.05) is 11.9 Å². The van der Waals surface area contributed by atoms with E-state index in [4.69, 9.17) is 11.6 Å². The van der Waals surface area contributed by atoms with Crippen LogP contribution in [0.1, 0.15) is 31.2 Å². The van der Waals surface area contributed by atoms with E-state index in [2.05, 4.69) is 4.72 Å². The van der Waals surface area contributed by atoms with Crippen LogP contribution in [0.25, 0.3) is 0 Å². The topological polar surface area (TPSA) is 46.2 Å². The molecular weight excluding hydrogens is 301 g/mol. The van der Waals surface area contributed by atoms with Gasteiger partial charge in [0.25, 0.3) is 0 Å². The van der Waals surface area contributed by atoms with Gasteiger partial charge in [0.05, 0.1) is 4.90 Å². The Morgan fingerprint density at radius 1 is 1.35 bits per heavy atom. The molecule has 0 spiro atoms. The van der Waals surface area contributed by atoms with Crippen molar-refractivity contribution in [2.45, 2.75) is 43.5 Å². The predicted molar refractivity (Wildman–Crippen MR) is 77.9 cm³/mol. The standard InChI is InChI=1S/C14H19ClFNO2S/c1-10-6-7-12(16)8-14(10)20(18,19)17-13-5-3-2-4-11(13)9-15/h6-8,11,13,17H,2-5,9H2,1H3. The Kier molecular flexibility index (Phi) is 5.04. The zero-order chi connectivity index (χ0) is 14.8. The van der Waals surface area contributed by atoms with Gasteiger partial charge in [0.15, 0.2) is 0 Å². The molecule has 0 amide bonds. The molecule has 3 nitrogen and oxygen atoms in total. The lowest BCUT2D eigenvalue weighted by Crippen LogP contribution is -2.42. The van der Waals surface area contributed by atoms with E-state index in [0.717, 1.165) is 31.7 Å². The number of aryl methyl sites for hydroxylation is 1. The Morgan fingerprint density at radius 2 is 2.05 bits per heavy atom. The molecule has 1 saturated carbocycles. The van der Waals surface area contributed by atoms with Gasteiger partial charge in [-0.2, -0.15) is 0 Å². The Labute approximate surface area is 124 Å². The molecule has 0 aromatic heterocycles. The molecular formula is C14H19ClFNO2S. The maximum Gasteiger partial charge on any atom is 0.241 e. The van der Waals surface area contributed by atoms with Crippen LogP contribution in [-0.4, -0.2) is 20.3 Å². The molecule has 1 aromatic rings. The second kappa shape index (κ2) is 6.41. The zero-order valence-electron chi connectivity index (χ0n) is 11.4. The summed E-state index contributed by atoms with van der Waals surface area (Å²) in [6.07, 6.45) is 3.78. The number of nitrogens with one attached hydrogen (secondary N) is 1. The highest BCUT2D eigenvalue weighted by molar-refractivity contribution is 7.89. The first-order valence-electron chi connectivity index (χ1n) is 6.78. The maximum absolute atomic E-state index is 13.3. The highest BCUT2D eigenvalue weighted by Gasteiger charge is 2.29. The summed E-state index contributed by atoms with van der Waals surface area (Å²) in [6.45, 7) is 1.66. The van der Waals surface area contributed by atoms with Crippen LogP contribution >= 0.6 is 11.6 Å². The number of benzene rings is 1. The van der Waals surface area contributed by atoms with E-state index in [9.17, 15) is 12.8 Å². The summed E-state index contributed by atoms with van der Waals surface area (Å²) in [7, 11) is -3.70. The second-order valence-corrected chi connectivity index (χ2v) is 7.33. The third kappa shape index (κ3) is 3.51. The number of hydrogen-bond donors (Lipinski definition) is 1. The molecule has 0 radical (unpaired) electrons. The molecule has 1 N–H and O–H groups in total. The molecule has 1 fully saturated rings. The molecule has 2 atom stereocenters. The maximum atomic E-state index is 13.3. The van der Waals surface area contributed by atoms with Crippen LogP contribution in [0.4, 0.5) is 4.39 Å². The van der Waals surface area contributed by atoms with Crippen molar-refractivity contribution in [1.29, 1.82) is 0 Å². The number of sulfonamides is 1. The van der Waals surface area contributed by atoms with Crippen molar-refractivity contribution in [3.63, 3.8) is 0 Å². The smallest absolute Gasteiger partial charge is 0.208 e. The van der Waals surface area contributed by atoms with Crippen molar-refractivity contribution in [1.82, 2.24) is 4.72 Å². The van der Waals surface area contributed by atoms with Crippen molar-refractivity contribution in [3.8, 4) is 0 Å². The van der Waals surface area contributed by atoms with Gasteiger partial charge in [0.2, 0.25) is 10.0 Å². The second-order valence-electron chi connectivity index (χ2n) is 5.34. The Hall–Kier alpha value is -0.650. The van der Waals surface area contributed by atoms with E-state index in [0.29, 0.717) is 11.4 Å². The van der Waals surface area contributed by atoms with E-state index in [-0.39, 0.29) is 16.9 Å². The number of hydrogen-bond acceptors (Lipinski definition) is 2. The van der Waals surface area contributed by atoms with E-state index < -0.39 is 15.8 Å². The van der Waals surface area contributed by atoms with Crippen molar-refractivity contribution in [3.05, 3.63) is 29.6 Å². The van der Waals surface area contributed by atoms with Crippen LogP contribution in [0.2, 0.25) is 0 Å². The zero-order valence-corrected chi connectivity index (χ0v) is 13.0. The lowest BCUT2D eigenvalue weighted by molar-refractivity contribution is 0.314. The first-order chi connectivity index (χ1) is 9.44. The van der Waals surface area contributed by atoms with Gasteiger partial charge in [-0.3, -0.25) is 0 Å². The first-order valence-corrected chi connectivity index (χ1v) is 8.80. The minimum Gasteiger partial charge on any atom is -0.208 e. The van der Waals surface area contributed by atoms with Crippen LogP contribution in [0, 0.1) is 18.7 Å². The molecule has 2 rings (SSSR count). The molecule has 0 aliphatic heterocycles. The molecule has 1 aromatic carbocycles. The Bertz CT molecular complexity index is 577. The van der Waals surface area contributed by atoms with Gasteiger partial charge >= 0.3 is 0 Å². The minimum absolute atomic E-state index is 0.0106. The third-order valence-corrected chi connectivity index (χ3v) is 5.88. The molecule has 1 aliphatic carbocycles. The monoisotopic (exact) mass is 319 g/mol. The number of alkyl halides is 1. The molecule has 2 unspecified atom stereocenters. The molecule has 0 saturated heterocycles. The van der Waals surface area contributed by atoms with E-state index in [1.165, 1.54) is 12.1 Å². The highest BCUT2D eigenvalue weighted by atomic mass is 35.5. The van der Waals surface area contributed by atoms with Crippen molar-refractivity contribution >= 4 is 21.6 Å². The largest absolute Gasteiger partial charge is 0.241 e. The fraction of sp³-hybridized carbons (Fsp3) is 0.571. The summed E-state index contributed by atoms with van der Waals surface area (Å²) in [5.74, 6) is 0.0394. The minimum atomic E-state index is -3.70. The summed E-state index contributed by atoms with van der Waals surface area (Å²) in [4.78, 5) is 0.0106. The molecule has 1 aliphatic rings. The van der Waals surface area contributed by atoms with E-state index in [1.807, 2.05) is 0 Å². The van der Waals surface area contributed by atoms with Gasteiger partial charge in [-0.15, -0.1) is 11.6 Å². The van der Waals surface area contributed by atoms with Crippen molar-refractivity contribution in [2.75, 3.05) is 5.88 Å². The molecule has 0 heterocycles. The van der Waals surface area contributed by atoms with Gasteiger partial charge in [-0.05, 0) is 43.4 Å². The first kappa shape index (κ1) is 15.7.